The summed E-state index contributed by atoms with van der Waals surface area (Å²) in [5.41, 5.74) is 2.48. The molecule has 0 saturated carbocycles. The van der Waals surface area contributed by atoms with Gasteiger partial charge in [-0.25, -0.2) is 8.42 Å². The largest absolute Gasteiger partial charge is 0.279 e. The molecule has 22 heavy (non-hydrogen) atoms. The third-order valence-electron chi connectivity index (χ3n) is 3.49. The number of sulfonamides is 1. The Bertz CT molecular complexity index is 740. The molecule has 0 fully saturated rings. The van der Waals surface area contributed by atoms with Crippen LogP contribution in [-0.2, 0) is 16.4 Å². The van der Waals surface area contributed by atoms with Gasteiger partial charge in [-0.15, -0.1) is 0 Å². The Balaban J connectivity index is 2.19. The predicted molar refractivity (Wildman–Crippen MR) is 92.1 cm³/mol. The number of nitrogens with one attached hydrogen (secondary N) is 1. The Hall–Kier alpha value is -1.52. The Morgan fingerprint density at radius 2 is 1.77 bits per heavy atom. The van der Waals surface area contributed by atoms with Crippen LogP contribution in [0.4, 0.5) is 5.69 Å². The molecule has 0 aromatic heterocycles. The third kappa shape index (κ3) is 4.24. The van der Waals surface area contributed by atoms with Gasteiger partial charge in [0.15, 0.2) is 0 Å². The fourth-order valence-corrected chi connectivity index (χ4v) is 3.52. The van der Waals surface area contributed by atoms with E-state index in [1.807, 2.05) is 19.1 Å². The molecular weight excluding hydrogens is 318 g/mol. The van der Waals surface area contributed by atoms with Crippen LogP contribution in [0.2, 0.25) is 5.02 Å². The quantitative estimate of drug-likeness (QED) is 0.823. The Kier molecular flexibility index (Phi) is 5.48. The number of benzene rings is 2. The van der Waals surface area contributed by atoms with Crippen LogP contribution in [-0.4, -0.2) is 8.42 Å². The smallest absolute Gasteiger partial charge is 0.261 e. The van der Waals surface area contributed by atoms with Gasteiger partial charge in [0.2, 0.25) is 0 Å². The highest BCUT2D eigenvalue weighted by Gasteiger charge is 2.15. The molecule has 5 heteroatoms. The summed E-state index contributed by atoms with van der Waals surface area (Å²) in [6.45, 7) is 3.95. The van der Waals surface area contributed by atoms with Crippen molar-refractivity contribution in [2.45, 2.75) is 38.0 Å². The van der Waals surface area contributed by atoms with Gasteiger partial charge in [0, 0.05) is 5.02 Å². The first-order valence-electron chi connectivity index (χ1n) is 7.30. The second-order valence-corrected chi connectivity index (χ2v) is 7.43. The number of anilines is 1. The van der Waals surface area contributed by atoms with Gasteiger partial charge in [-0.3, -0.25) is 4.72 Å². The van der Waals surface area contributed by atoms with Crippen molar-refractivity contribution >= 4 is 27.3 Å². The summed E-state index contributed by atoms with van der Waals surface area (Å²) >= 11 is 5.89. The molecule has 1 N–H and O–H groups in total. The second kappa shape index (κ2) is 7.16. The van der Waals surface area contributed by atoms with Gasteiger partial charge in [-0.1, -0.05) is 37.1 Å². The van der Waals surface area contributed by atoms with Crippen LogP contribution < -0.4 is 4.72 Å². The van der Waals surface area contributed by atoms with E-state index in [4.69, 9.17) is 11.6 Å². The highest BCUT2D eigenvalue weighted by molar-refractivity contribution is 7.92. The number of unbranched alkanes of at least 4 members (excludes halogenated alkanes) is 1. The topological polar surface area (TPSA) is 46.2 Å². The zero-order chi connectivity index (χ0) is 16.2. The third-order valence-corrected chi connectivity index (χ3v) is 5.10. The Morgan fingerprint density at radius 1 is 1.09 bits per heavy atom. The first-order valence-corrected chi connectivity index (χ1v) is 9.16. The first kappa shape index (κ1) is 16.8. The van der Waals surface area contributed by atoms with Crippen molar-refractivity contribution in [1.82, 2.24) is 0 Å². The number of rotatable bonds is 6. The summed E-state index contributed by atoms with van der Waals surface area (Å²) in [5, 5.41) is 0.584. The normalized spacial score (nSPS) is 11.4. The lowest BCUT2D eigenvalue weighted by Gasteiger charge is -2.11. The predicted octanol–water partition coefficient (Wildman–Crippen LogP) is 4.79. The summed E-state index contributed by atoms with van der Waals surface area (Å²) in [7, 11) is -3.58. The maximum absolute atomic E-state index is 12.4. The van der Waals surface area contributed by atoms with E-state index in [-0.39, 0.29) is 4.90 Å². The van der Waals surface area contributed by atoms with Crippen LogP contribution in [0.25, 0.3) is 0 Å². The van der Waals surface area contributed by atoms with Gasteiger partial charge < -0.3 is 0 Å². The Morgan fingerprint density at radius 3 is 2.36 bits per heavy atom. The minimum Gasteiger partial charge on any atom is -0.279 e. The Labute approximate surface area is 137 Å². The molecule has 0 heterocycles. The molecule has 118 valence electrons. The minimum atomic E-state index is -3.58. The van der Waals surface area contributed by atoms with Gasteiger partial charge in [0.1, 0.15) is 0 Å². The van der Waals surface area contributed by atoms with Crippen LogP contribution in [0.1, 0.15) is 30.9 Å². The summed E-state index contributed by atoms with van der Waals surface area (Å²) < 4.78 is 27.4. The van der Waals surface area contributed by atoms with E-state index in [1.54, 1.807) is 30.3 Å². The van der Waals surface area contributed by atoms with Gasteiger partial charge in [0.05, 0.1) is 10.6 Å². The van der Waals surface area contributed by atoms with E-state index in [2.05, 4.69) is 11.6 Å². The highest BCUT2D eigenvalue weighted by atomic mass is 35.5. The van der Waals surface area contributed by atoms with E-state index in [0.717, 1.165) is 30.4 Å². The lowest BCUT2D eigenvalue weighted by molar-refractivity contribution is 0.601. The molecular formula is C17H20ClNO2S. The molecule has 2 aromatic rings. The molecule has 0 bridgehead atoms. The van der Waals surface area contributed by atoms with E-state index in [9.17, 15) is 8.42 Å². The number of aryl methyl sites for hydroxylation is 2. The van der Waals surface area contributed by atoms with Crippen LogP contribution in [0.15, 0.2) is 47.4 Å². The van der Waals surface area contributed by atoms with Gasteiger partial charge in [-0.2, -0.15) is 0 Å². The summed E-state index contributed by atoms with van der Waals surface area (Å²) in [6, 6.07) is 12.1. The van der Waals surface area contributed by atoms with E-state index in [1.165, 1.54) is 0 Å². The van der Waals surface area contributed by atoms with Crippen molar-refractivity contribution in [3.05, 3.63) is 58.6 Å². The summed E-state index contributed by atoms with van der Waals surface area (Å²) in [5.74, 6) is 0. The highest BCUT2D eigenvalue weighted by Crippen LogP contribution is 2.23. The first-order chi connectivity index (χ1) is 10.4. The zero-order valence-electron chi connectivity index (χ0n) is 12.8. The molecule has 0 spiro atoms. The fourth-order valence-electron chi connectivity index (χ4n) is 2.16. The molecule has 0 saturated heterocycles. The average Bonchev–Trinajstić information content (AvgIpc) is 2.48. The van der Waals surface area contributed by atoms with Crippen LogP contribution >= 0.6 is 11.6 Å². The number of hydrogen-bond acceptors (Lipinski definition) is 2. The summed E-state index contributed by atoms with van der Waals surface area (Å²) in [6.07, 6.45) is 3.20. The van der Waals surface area contributed by atoms with Crippen molar-refractivity contribution in [2.75, 3.05) is 4.72 Å². The van der Waals surface area contributed by atoms with Crippen molar-refractivity contribution < 1.29 is 8.42 Å². The lowest BCUT2D eigenvalue weighted by Crippen LogP contribution is -2.13. The lowest BCUT2D eigenvalue weighted by atomic mass is 10.1. The molecule has 2 aromatic carbocycles. The zero-order valence-corrected chi connectivity index (χ0v) is 14.3. The standard InChI is InChI=1S/C17H20ClNO2S/c1-3-4-5-14-6-9-16(10-7-14)22(20,21)19-17-11-8-15(18)12-13(17)2/h6-12,19H,3-5H2,1-2H3. The average molecular weight is 338 g/mol. The van der Waals surface area contributed by atoms with Crippen molar-refractivity contribution in [2.24, 2.45) is 0 Å². The van der Waals surface area contributed by atoms with Crippen molar-refractivity contribution in [3.63, 3.8) is 0 Å². The van der Waals surface area contributed by atoms with E-state index in [0.29, 0.717) is 10.7 Å². The maximum Gasteiger partial charge on any atom is 0.261 e. The summed E-state index contributed by atoms with van der Waals surface area (Å²) in [4.78, 5) is 0.266. The van der Waals surface area contributed by atoms with E-state index >= 15 is 0 Å². The van der Waals surface area contributed by atoms with E-state index < -0.39 is 10.0 Å². The molecule has 0 amide bonds. The van der Waals surface area contributed by atoms with Crippen LogP contribution in [0.5, 0.6) is 0 Å². The van der Waals surface area contributed by atoms with Gasteiger partial charge in [0.25, 0.3) is 10.0 Å². The second-order valence-electron chi connectivity index (χ2n) is 5.31. The fraction of sp³-hybridized carbons (Fsp3) is 0.294. The number of halogens is 1. The van der Waals surface area contributed by atoms with Crippen molar-refractivity contribution in [3.8, 4) is 0 Å². The SMILES string of the molecule is CCCCc1ccc(S(=O)(=O)Nc2ccc(Cl)cc2C)cc1. The van der Waals surface area contributed by atoms with Crippen molar-refractivity contribution in [1.29, 1.82) is 0 Å². The molecule has 0 radical (unpaired) electrons. The molecule has 3 nitrogen and oxygen atoms in total. The minimum absolute atomic E-state index is 0.266. The van der Waals surface area contributed by atoms with Gasteiger partial charge >= 0.3 is 0 Å². The van der Waals surface area contributed by atoms with Crippen LogP contribution in [0, 0.1) is 6.92 Å². The molecule has 0 unspecified atom stereocenters. The molecule has 0 aliphatic carbocycles. The molecule has 2 rings (SSSR count). The van der Waals surface area contributed by atoms with Gasteiger partial charge in [-0.05, 0) is 61.2 Å². The molecule has 0 aliphatic rings. The van der Waals surface area contributed by atoms with Crippen LogP contribution in [0.3, 0.4) is 0 Å². The molecule has 0 aliphatic heterocycles. The monoisotopic (exact) mass is 337 g/mol. The molecule has 0 atom stereocenters. The number of hydrogen-bond donors (Lipinski definition) is 1. The maximum atomic E-state index is 12.4.